The van der Waals surface area contributed by atoms with Crippen molar-refractivity contribution in [3.05, 3.63) is 78.1 Å². The van der Waals surface area contributed by atoms with Crippen LogP contribution in [0.2, 0.25) is 0 Å². The van der Waals surface area contributed by atoms with E-state index in [1.54, 1.807) is 0 Å². The number of nitrogens with one attached hydrogen (secondary N) is 2. The van der Waals surface area contributed by atoms with Crippen LogP contribution in [0.25, 0.3) is 11.4 Å². The molecule has 1 aliphatic rings. The van der Waals surface area contributed by atoms with E-state index in [0.717, 1.165) is 51.2 Å². The Kier molecular flexibility index (Phi) is 8.96. The summed E-state index contributed by atoms with van der Waals surface area (Å²) in [6, 6.07) is 21.2. The number of benzene rings is 2. The van der Waals surface area contributed by atoms with E-state index in [1.165, 1.54) is 11.3 Å². The number of rotatable bonds is 3. The van der Waals surface area contributed by atoms with Crippen molar-refractivity contribution in [2.75, 3.05) is 13.1 Å². The van der Waals surface area contributed by atoms with Crippen LogP contribution in [-0.2, 0) is 15.0 Å². The number of piperidine rings is 1. The molecule has 7 heteroatoms. The van der Waals surface area contributed by atoms with Gasteiger partial charge >= 0.3 is 0 Å². The molecule has 0 radical (unpaired) electrons. The van der Waals surface area contributed by atoms with Gasteiger partial charge in [0.15, 0.2) is 0 Å². The largest absolute Gasteiger partial charge is 0.481 e. The third-order valence-electron chi connectivity index (χ3n) is 4.92. The first-order chi connectivity index (χ1) is 14.8. The summed E-state index contributed by atoms with van der Waals surface area (Å²) in [4.78, 5) is 26.3. The quantitative estimate of drug-likeness (QED) is 0.507. The molecule has 0 aliphatic carbocycles. The van der Waals surface area contributed by atoms with Gasteiger partial charge in [-0.1, -0.05) is 60.7 Å². The summed E-state index contributed by atoms with van der Waals surface area (Å²) >= 11 is 0. The Balaban J connectivity index is 0.000000370. The highest BCUT2D eigenvalue weighted by molar-refractivity contribution is 5.63. The second kappa shape index (κ2) is 11.7. The Hall–Kier alpha value is -3.45. The van der Waals surface area contributed by atoms with Gasteiger partial charge in [-0.3, -0.25) is 9.59 Å². The molecule has 164 valence electrons. The summed E-state index contributed by atoms with van der Waals surface area (Å²) in [7, 11) is 0. The fraction of sp³-hybridized carbons (Fsp3) is 0.292. The number of hydrogen-bond donors (Lipinski definition) is 4. The smallest absolute Gasteiger partial charge is 0.300 e. The van der Waals surface area contributed by atoms with E-state index in [4.69, 9.17) is 19.8 Å². The number of aromatic amines is 1. The summed E-state index contributed by atoms with van der Waals surface area (Å²) in [5, 5.41) is 18.3. The highest BCUT2D eigenvalue weighted by Gasteiger charge is 2.37. The number of carboxylic acid groups (broad SMARTS) is 2. The van der Waals surface area contributed by atoms with E-state index >= 15 is 0 Å². The molecule has 0 unspecified atom stereocenters. The number of aromatic nitrogens is 2. The first kappa shape index (κ1) is 23.8. The van der Waals surface area contributed by atoms with Crippen LogP contribution in [0.5, 0.6) is 0 Å². The highest BCUT2D eigenvalue weighted by atomic mass is 16.4. The van der Waals surface area contributed by atoms with Gasteiger partial charge in [0.1, 0.15) is 5.82 Å². The number of nitrogens with zero attached hydrogens (tertiary/aromatic N) is 1. The minimum atomic E-state index is -0.833. The van der Waals surface area contributed by atoms with E-state index < -0.39 is 11.9 Å². The molecule has 2 aromatic carbocycles. The zero-order valence-corrected chi connectivity index (χ0v) is 17.8. The first-order valence-electron chi connectivity index (χ1n) is 10.1. The number of hydrogen-bond acceptors (Lipinski definition) is 4. The number of imidazole rings is 1. The number of carbonyl (C=O) groups is 2. The highest BCUT2D eigenvalue weighted by Crippen LogP contribution is 2.39. The SMILES string of the molecule is CC(=O)O.CC(=O)O.c1ccc(-c2ncc(C3(c4ccccc4)CCNCC3)[nH]2)cc1. The summed E-state index contributed by atoms with van der Waals surface area (Å²) < 4.78 is 0. The molecule has 0 spiro atoms. The minimum Gasteiger partial charge on any atom is -0.481 e. The van der Waals surface area contributed by atoms with Crippen LogP contribution in [0.15, 0.2) is 66.9 Å². The molecule has 1 saturated heterocycles. The van der Waals surface area contributed by atoms with Crippen LogP contribution in [0.1, 0.15) is 37.9 Å². The molecule has 4 rings (SSSR count). The van der Waals surface area contributed by atoms with Gasteiger partial charge < -0.3 is 20.5 Å². The van der Waals surface area contributed by atoms with Crippen LogP contribution in [0.3, 0.4) is 0 Å². The van der Waals surface area contributed by atoms with Gasteiger partial charge in [-0.05, 0) is 31.5 Å². The van der Waals surface area contributed by atoms with Crippen LogP contribution in [0, 0.1) is 0 Å². The summed E-state index contributed by atoms with van der Waals surface area (Å²) in [5.74, 6) is -0.713. The third-order valence-corrected chi connectivity index (χ3v) is 4.92. The van der Waals surface area contributed by atoms with Crippen molar-refractivity contribution >= 4 is 11.9 Å². The lowest BCUT2D eigenvalue weighted by atomic mass is 9.71. The molecule has 31 heavy (non-hydrogen) atoms. The van der Waals surface area contributed by atoms with Gasteiger partial charge in [0.2, 0.25) is 0 Å². The van der Waals surface area contributed by atoms with Crippen molar-refractivity contribution in [3.8, 4) is 11.4 Å². The topological polar surface area (TPSA) is 115 Å². The van der Waals surface area contributed by atoms with Crippen LogP contribution in [0.4, 0.5) is 0 Å². The lowest BCUT2D eigenvalue weighted by Crippen LogP contribution is -2.41. The maximum atomic E-state index is 9.00. The standard InChI is InChI=1S/C20H21N3.2C2H4O2/c1-3-7-16(8-4-1)19-22-15-18(23-19)20(11-13-21-14-12-20)17-9-5-2-6-10-17;2*1-2(3)4/h1-10,15,21H,11-14H2,(H,22,23);2*1H3,(H,3,4). The number of aliphatic carboxylic acids is 2. The van der Waals surface area contributed by atoms with Gasteiger partial charge in [0.25, 0.3) is 11.9 Å². The molecule has 1 aromatic heterocycles. The molecule has 0 saturated carbocycles. The van der Waals surface area contributed by atoms with E-state index in [1.807, 2.05) is 12.3 Å². The van der Waals surface area contributed by atoms with E-state index in [9.17, 15) is 0 Å². The molecule has 1 fully saturated rings. The summed E-state index contributed by atoms with van der Waals surface area (Å²) in [5.41, 5.74) is 3.77. The van der Waals surface area contributed by atoms with E-state index in [2.05, 4.69) is 69.9 Å². The molecule has 0 atom stereocenters. The normalized spacial score (nSPS) is 14.3. The average molecular weight is 424 g/mol. The zero-order chi connectivity index (χ0) is 22.7. The summed E-state index contributed by atoms with van der Waals surface area (Å²) in [6.45, 7) is 4.24. The molecule has 7 nitrogen and oxygen atoms in total. The van der Waals surface area contributed by atoms with Crippen molar-refractivity contribution in [1.29, 1.82) is 0 Å². The summed E-state index contributed by atoms with van der Waals surface area (Å²) in [6.07, 6.45) is 4.21. The Morgan fingerprint density at radius 2 is 1.35 bits per heavy atom. The predicted molar refractivity (Wildman–Crippen MR) is 120 cm³/mol. The monoisotopic (exact) mass is 423 g/mol. The maximum Gasteiger partial charge on any atom is 0.300 e. The molecule has 2 heterocycles. The van der Waals surface area contributed by atoms with Crippen molar-refractivity contribution in [2.24, 2.45) is 0 Å². The van der Waals surface area contributed by atoms with Crippen LogP contribution < -0.4 is 5.32 Å². The molecular weight excluding hydrogens is 394 g/mol. The lowest BCUT2D eigenvalue weighted by molar-refractivity contribution is -0.135. The van der Waals surface area contributed by atoms with Gasteiger partial charge in [0, 0.05) is 36.7 Å². The van der Waals surface area contributed by atoms with Crippen LogP contribution in [-0.4, -0.2) is 45.2 Å². The molecule has 4 N–H and O–H groups in total. The Bertz CT molecular complexity index is 929. The molecule has 3 aromatic rings. The number of H-pyrrole nitrogens is 1. The fourth-order valence-electron chi connectivity index (χ4n) is 3.63. The van der Waals surface area contributed by atoms with Crippen molar-refractivity contribution < 1.29 is 19.8 Å². The molecule has 0 amide bonds. The average Bonchev–Trinajstić information content (AvgIpc) is 3.26. The third kappa shape index (κ3) is 7.08. The second-order valence-electron chi connectivity index (χ2n) is 7.25. The van der Waals surface area contributed by atoms with Crippen molar-refractivity contribution in [1.82, 2.24) is 15.3 Å². The minimum absolute atomic E-state index is 0.0343. The second-order valence-corrected chi connectivity index (χ2v) is 7.25. The molecule has 0 bridgehead atoms. The zero-order valence-electron chi connectivity index (χ0n) is 17.8. The maximum absolute atomic E-state index is 9.00. The van der Waals surface area contributed by atoms with Gasteiger partial charge in [0.05, 0.1) is 0 Å². The lowest BCUT2D eigenvalue weighted by Gasteiger charge is -2.37. The van der Waals surface area contributed by atoms with Gasteiger partial charge in [-0.2, -0.15) is 0 Å². The van der Waals surface area contributed by atoms with Crippen molar-refractivity contribution in [2.45, 2.75) is 32.1 Å². The Morgan fingerprint density at radius 3 is 1.87 bits per heavy atom. The Labute approximate surface area is 182 Å². The Morgan fingerprint density at radius 1 is 0.871 bits per heavy atom. The fourth-order valence-corrected chi connectivity index (χ4v) is 3.63. The van der Waals surface area contributed by atoms with E-state index in [-0.39, 0.29) is 5.41 Å². The van der Waals surface area contributed by atoms with Gasteiger partial charge in [-0.15, -0.1) is 0 Å². The predicted octanol–water partition coefficient (Wildman–Crippen LogP) is 3.93. The number of carboxylic acids is 2. The van der Waals surface area contributed by atoms with Crippen molar-refractivity contribution in [3.63, 3.8) is 0 Å². The van der Waals surface area contributed by atoms with E-state index in [0.29, 0.717) is 0 Å². The first-order valence-corrected chi connectivity index (χ1v) is 10.1. The van der Waals surface area contributed by atoms with Crippen LogP contribution >= 0.6 is 0 Å². The molecule has 1 aliphatic heterocycles. The van der Waals surface area contributed by atoms with Gasteiger partial charge in [-0.25, -0.2) is 4.98 Å². The molecular formula is C24H29N3O4.